The molecule has 0 radical (unpaired) electrons. The number of anilines is 2. The first-order chi connectivity index (χ1) is 10.7. The molecule has 0 saturated carbocycles. The van der Waals surface area contributed by atoms with E-state index in [1.807, 2.05) is 23.1 Å². The third-order valence-electron chi connectivity index (χ3n) is 3.89. The molecule has 0 spiro atoms. The van der Waals surface area contributed by atoms with E-state index in [2.05, 4.69) is 20.3 Å². The van der Waals surface area contributed by atoms with Gasteiger partial charge < -0.3 is 10.2 Å². The van der Waals surface area contributed by atoms with Crippen LogP contribution in [0.3, 0.4) is 0 Å². The predicted octanol–water partition coefficient (Wildman–Crippen LogP) is 2.34. The molecule has 2 aromatic heterocycles. The van der Waals surface area contributed by atoms with Crippen molar-refractivity contribution < 1.29 is 4.79 Å². The number of carbonyl (C=O) groups is 1. The summed E-state index contributed by atoms with van der Waals surface area (Å²) < 4.78 is 0. The van der Waals surface area contributed by atoms with Crippen molar-refractivity contribution in [3.8, 4) is 0 Å². The second-order valence-electron chi connectivity index (χ2n) is 5.43. The van der Waals surface area contributed by atoms with Crippen LogP contribution in [-0.2, 0) is 4.79 Å². The number of amides is 1. The molecule has 1 fully saturated rings. The highest BCUT2D eigenvalue weighted by Crippen LogP contribution is 2.30. The lowest BCUT2D eigenvalue weighted by atomic mass is 9.94. The van der Waals surface area contributed by atoms with Gasteiger partial charge in [0.05, 0.1) is 5.69 Å². The molecule has 1 unspecified atom stereocenters. The van der Waals surface area contributed by atoms with Gasteiger partial charge in [0.25, 0.3) is 0 Å². The van der Waals surface area contributed by atoms with Crippen molar-refractivity contribution in [3.05, 3.63) is 42.5 Å². The Balaban J connectivity index is 1.83. The Hall–Kier alpha value is -2.50. The van der Waals surface area contributed by atoms with Crippen LogP contribution in [0.5, 0.6) is 0 Å². The number of nitrogens with zero attached hydrogens (tertiary/aromatic N) is 4. The molecule has 1 amide bonds. The fourth-order valence-corrected chi connectivity index (χ4v) is 2.79. The van der Waals surface area contributed by atoms with Crippen molar-refractivity contribution >= 4 is 17.5 Å². The van der Waals surface area contributed by atoms with E-state index in [0.717, 1.165) is 36.7 Å². The second kappa shape index (κ2) is 6.51. The van der Waals surface area contributed by atoms with E-state index < -0.39 is 0 Å². The summed E-state index contributed by atoms with van der Waals surface area (Å²) in [6.45, 7) is 3.14. The number of hydrogen-bond acceptors (Lipinski definition) is 5. The van der Waals surface area contributed by atoms with E-state index in [0.29, 0.717) is 6.54 Å². The predicted molar refractivity (Wildman–Crippen MR) is 83.8 cm³/mol. The maximum absolute atomic E-state index is 11.6. The minimum atomic E-state index is 0.118. The lowest BCUT2D eigenvalue weighted by molar-refractivity contribution is -0.130. The van der Waals surface area contributed by atoms with Gasteiger partial charge in [0.15, 0.2) is 5.82 Å². The summed E-state index contributed by atoms with van der Waals surface area (Å²) in [5, 5.41) is 3.23. The molecule has 1 atom stereocenters. The molecule has 1 aliphatic heterocycles. The maximum atomic E-state index is 11.6. The first kappa shape index (κ1) is 14.4. The average Bonchev–Trinajstić information content (AvgIpc) is 2.56. The number of hydrogen-bond donors (Lipinski definition) is 1. The SMILES string of the molecule is CC(=O)N1CCCC(c2nccnc2Nc2ccccn2)C1. The largest absolute Gasteiger partial charge is 0.342 e. The summed E-state index contributed by atoms with van der Waals surface area (Å²) >= 11 is 0. The minimum absolute atomic E-state index is 0.118. The van der Waals surface area contributed by atoms with Gasteiger partial charge in [-0.1, -0.05) is 6.07 Å². The summed E-state index contributed by atoms with van der Waals surface area (Å²) in [6, 6.07) is 5.68. The van der Waals surface area contributed by atoms with Crippen molar-refractivity contribution in [1.29, 1.82) is 0 Å². The highest BCUT2D eigenvalue weighted by molar-refractivity contribution is 5.73. The third-order valence-corrected chi connectivity index (χ3v) is 3.89. The standard InChI is InChI=1S/C16H19N5O/c1-12(22)21-10-4-5-13(11-21)15-16(19-9-8-18-15)20-14-6-2-3-7-17-14/h2-3,6-9,13H,4-5,10-11H2,1H3,(H,17,19,20). The first-order valence-electron chi connectivity index (χ1n) is 7.48. The molecule has 3 rings (SSSR count). The smallest absolute Gasteiger partial charge is 0.219 e. The number of piperidine rings is 1. The van der Waals surface area contributed by atoms with Crippen LogP contribution in [0.1, 0.15) is 31.4 Å². The molecule has 22 heavy (non-hydrogen) atoms. The van der Waals surface area contributed by atoms with Crippen LogP contribution in [0.25, 0.3) is 0 Å². The highest BCUT2D eigenvalue weighted by Gasteiger charge is 2.26. The fourth-order valence-electron chi connectivity index (χ4n) is 2.79. The summed E-state index contributed by atoms with van der Waals surface area (Å²) in [7, 11) is 0. The molecular weight excluding hydrogens is 278 g/mol. The van der Waals surface area contributed by atoms with Gasteiger partial charge in [-0.25, -0.2) is 9.97 Å². The van der Waals surface area contributed by atoms with Gasteiger partial charge in [0.2, 0.25) is 5.91 Å². The number of aromatic nitrogens is 3. The van der Waals surface area contributed by atoms with Crippen LogP contribution in [0.2, 0.25) is 0 Å². The molecule has 0 aromatic carbocycles. The Morgan fingerprint density at radius 3 is 2.86 bits per heavy atom. The van der Waals surface area contributed by atoms with E-state index in [-0.39, 0.29) is 11.8 Å². The van der Waals surface area contributed by atoms with E-state index in [1.165, 1.54) is 0 Å². The van der Waals surface area contributed by atoms with Gasteiger partial charge in [-0.3, -0.25) is 9.78 Å². The van der Waals surface area contributed by atoms with Crippen molar-refractivity contribution in [3.63, 3.8) is 0 Å². The second-order valence-corrected chi connectivity index (χ2v) is 5.43. The van der Waals surface area contributed by atoms with Gasteiger partial charge in [-0.15, -0.1) is 0 Å². The Morgan fingerprint density at radius 1 is 1.23 bits per heavy atom. The van der Waals surface area contributed by atoms with Gasteiger partial charge in [-0.2, -0.15) is 0 Å². The summed E-state index contributed by atoms with van der Waals surface area (Å²) in [5.41, 5.74) is 0.902. The number of nitrogens with one attached hydrogen (secondary N) is 1. The Kier molecular flexibility index (Phi) is 4.27. The van der Waals surface area contributed by atoms with Gasteiger partial charge in [0, 0.05) is 44.5 Å². The third kappa shape index (κ3) is 3.21. The molecule has 1 saturated heterocycles. The van der Waals surface area contributed by atoms with E-state index in [1.54, 1.807) is 25.5 Å². The van der Waals surface area contributed by atoms with E-state index in [4.69, 9.17) is 0 Å². The van der Waals surface area contributed by atoms with Crippen LogP contribution in [0.4, 0.5) is 11.6 Å². The molecule has 0 aliphatic carbocycles. The maximum Gasteiger partial charge on any atom is 0.219 e. The minimum Gasteiger partial charge on any atom is -0.342 e. The summed E-state index contributed by atoms with van der Waals surface area (Å²) in [4.78, 5) is 26.7. The highest BCUT2D eigenvalue weighted by atomic mass is 16.2. The van der Waals surface area contributed by atoms with Crippen molar-refractivity contribution in [2.45, 2.75) is 25.7 Å². The quantitative estimate of drug-likeness (QED) is 0.941. The molecule has 6 heteroatoms. The summed E-state index contributed by atoms with van der Waals surface area (Å²) in [5.74, 6) is 1.78. The Bertz CT molecular complexity index is 646. The van der Waals surface area contributed by atoms with Gasteiger partial charge in [0.1, 0.15) is 5.82 Å². The normalized spacial score (nSPS) is 18.0. The Labute approximate surface area is 129 Å². The number of pyridine rings is 1. The number of carbonyl (C=O) groups excluding carboxylic acids is 1. The lowest BCUT2D eigenvalue weighted by Crippen LogP contribution is -2.38. The lowest BCUT2D eigenvalue weighted by Gasteiger charge is -2.32. The molecule has 114 valence electrons. The molecule has 6 nitrogen and oxygen atoms in total. The molecule has 1 aliphatic rings. The molecular formula is C16H19N5O. The fraction of sp³-hybridized carbons (Fsp3) is 0.375. The molecule has 1 N–H and O–H groups in total. The van der Waals surface area contributed by atoms with Gasteiger partial charge in [-0.05, 0) is 25.0 Å². The van der Waals surface area contributed by atoms with E-state index in [9.17, 15) is 4.79 Å². The van der Waals surface area contributed by atoms with Crippen LogP contribution >= 0.6 is 0 Å². The van der Waals surface area contributed by atoms with Crippen LogP contribution in [-0.4, -0.2) is 38.8 Å². The summed E-state index contributed by atoms with van der Waals surface area (Å²) in [6.07, 6.45) is 7.10. The number of rotatable bonds is 3. The number of likely N-dealkylation sites (tertiary alicyclic amines) is 1. The average molecular weight is 297 g/mol. The molecule has 0 bridgehead atoms. The van der Waals surface area contributed by atoms with Crippen LogP contribution in [0, 0.1) is 0 Å². The van der Waals surface area contributed by atoms with Gasteiger partial charge >= 0.3 is 0 Å². The zero-order chi connectivity index (χ0) is 15.4. The van der Waals surface area contributed by atoms with Crippen molar-refractivity contribution in [2.24, 2.45) is 0 Å². The topological polar surface area (TPSA) is 71.0 Å². The zero-order valence-electron chi connectivity index (χ0n) is 12.6. The monoisotopic (exact) mass is 297 g/mol. The zero-order valence-corrected chi connectivity index (χ0v) is 12.6. The van der Waals surface area contributed by atoms with Crippen LogP contribution in [0.15, 0.2) is 36.8 Å². The van der Waals surface area contributed by atoms with Crippen LogP contribution < -0.4 is 5.32 Å². The molecule has 3 heterocycles. The van der Waals surface area contributed by atoms with Crippen molar-refractivity contribution in [1.82, 2.24) is 19.9 Å². The Morgan fingerprint density at radius 2 is 2.09 bits per heavy atom. The van der Waals surface area contributed by atoms with E-state index >= 15 is 0 Å². The first-order valence-corrected chi connectivity index (χ1v) is 7.48. The molecule has 2 aromatic rings. The van der Waals surface area contributed by atoms with Crippen molar-refractivity contribution in [2.75, 3.05) is 18.4 Å².